The van der Waals surface area contributed by atoms with Crippen LogP contribution in [0.25, 0.3) is 0 Å². The van der Waals surface area contributed by atoms with Crippen LogP contribution < -0.4 is 11.1 Å². The van der Waals surface area contributed by atoms with E-state index in [1.165, 1.54) is 0 Å². The smallest absolute Gasteiger partial charge is 0.226 e. The molecule has 0 aliphatic heterocycles. The Morgan fingerprint density at radius 2 is 2.05 bits per heavy atom. The summed E-state index contributed by atoms with van der Waals surface area (Å²) < 4.78 is 1.72. The van der Waals surface area contributed by atoms with Gasteiger partial charge in [0.25, 0.3) is 0 Å². The van der Waals surface area contributed by atoms with Gasteiger partial charge in [0.1, 0.15) is 0 Å². The molecule has 1 aromatic heterocycles. The Balaban J connectivity index is 0.00000200. The highest BCUT2D eigenvalue weighted by Gasteiger charge is 2.13. The van der Waals surface area contributed by atoms with Crippen molar-refractivity contribution in [2.45, 2.75) is 19.4 Å². The quantitative estimate of drug-likeness (QED) is 0.908. The fraction of sp³-hybridized carbons (Fsp3) is 0.286. The Morgan fingerprint density at radius 3 is 2.60 bits per heavy atom. The SMILES string of the molecule is Cc1c(NC(=O)CC(N)c2ccccc2)cnn1C.Cl. The molecule has 6 heteroatoms. The van der Waals surface area contributed by atoms with Crippen LogP contribution in [0.5, 0.6) is 0 Å². The maximum absolute atomic E-state index is 11.9. The van der Waals surface area contributed by atoms with E-state index in [0.717, 1.165) is 16.9 Å². The number of rotatable bonds is 4. The summed E-state index contributed by atoms with van der Waals surface area (Å²) in [6, 6.07) is 9.31. The summed E-state index contributed by atoms with van der Waals surface area (Å²) >= 11 is 0. The largest absolute Gasteiger partial charge is 0.324 e. The van der Waals surface area contributed by atoms with E-state index in [4.69, 9.17) is 5.73 Å². The van der Waals surface area contributed by atoms with E-state index in [2.05, 4.69) is 10.4 Å². The third kappa shape index (κ3) is 3.82. The summed E-state index contributed by atoms with van der Waals surface area (Å²) in [5, 5.41) is 6.91. The lowest BCUT2D eigenvalue weighted by atomic mass is 10.0. The molecule has 1 aromatic carbocycles. The number of aromatic nitrogens is 2. The number of halogens is 1. The Bertz CT molecular complexity index is 568. The number of nitrogens with one attached hydrogen (secondary N) is 1. The molecular weight excluding hydrogens is 276 g/mol. The molecule has 3 N–H and O–H groups in total. The van der Waals surface area contributed by atoms with Crippen molar-refractivity contribution in [1.82, 2.24) is 9.78 Å². The average Bonchev–Trinajstić information content (AvgIpc) is 2.71. The van der Waals surface area contributed by atoms with Crippen molar-refractivity contribution in [2.75, 3.05) is 5.32 Å². The molecule has 0 bridgehead atoms. The number of benzene rings is 1. The van der Waals surface area contributed by atoms with Gasteiger partial charge in [-0.25, -0.2) is 0 Å². The van der Waals surface area contributed by atoms with Gasteiger partial charge in [0.2, 0.25) is 5.91 Å². The molecule has 2 aromatic rings. The van der Waals surface area contributed by atoms with Crippen molar-refractivity contribution in [3.05, 3.63) is 47.8 Å². The molecule has 0 radical (unpaired) electrons. The van der Waals surface area contributed by atoms with Crippen LogP contribution in [-0.4, -0.2) is 15.7 Å². The maximum atomic E-state index is 11.9. The zero-order valence-electron chi connectivity index (χ0n) is 11.5. The monoisotopic (exact) mass is 294 g/mol. The van der Waals surface area contributed by atoms with Gasteiger partial charge in [-0.05, 0) is 12.5 Å². The third-order valence-corrected chi connectivity index (χ3v) is 3.14. The Labute approximate surface area is 124 Å². The van der Waals surface area contributed by atoms with Crippen molar-refractivity contribution < 1.29 is 4.79 Å². The van der Waals surface area contributed by atoms with Crippen LogP contribution in [0.3, 0.4) is 0 Å². The second-order valence-corrected chi connectivity index (χ2v) is 4.54. The number of amides is 1. The van der Waals surface area contributed by atoms with E-state index >= 15 is 0 Å². The van der Waals surface area contributed by atoms with Crippen LogP contribution in [0.1, 0.15) is 23.7 Å². The molecule has 0 saturated heterocycles. The van der Waals surface area contributed by atoms with Crippen LogP contribution in [-0.2, 0) is 11.8 Å². The number of hydrogen-bond acceptors (Lipinski definition) is 3. The molecule has 0 spiro atoms. The van der Waals surface area contributed by atoms with Gasteiger partial charge >= 0.3 is 0 Å². The Kier molecular flexibility index (Phi) is 5.73. The summed E-state index contributed by atoms with van der Waals surface area (Å²) in [5.74, 6) is -0.104. The summed E-state index contributed by atoms with van der Waals surface area (Å²) in [6.07, 6.45) is 1.89. The van der Waals surface area contributed by atoms with Gasteiger partial charge in [0, 0.05) is 19.5 Å². The minimum absolute atomic E-state index is 0. The molecule has 108 valence electrons. The fourth-order valence-electron chi connectivity index (χ4n) is 1.84. The molecule has 0 aliphatic carbocycles. The van der Waals surface area contributed by atoms with Gasteiger partial charge in [0.05, 0.1) is 17.6 Å². The lowest BCUT2D eigenvalue weighted by molar-refractivity contribution is -0.116. The van der Waals surface area contributed by atoms with E-state index in [9.17, 15) is 4.79 Å². The molecule has 0 saturated carbocycles. The number of anilines is 1. The lowest BCUT2D eigenvalue weighted by Gasteiger charge is -2.11. The second kappa shape index (κ2) is 7.07. The number of aryl methyl sites for hydroxylation is 1. The number of nitrogens with two attached hydrogens (primary N) is 1. The second-order valence-electron chi connectivity index (χ2n) is 4.54. The highest BCUT2D eigenvalue weighted by molar-refractivity contribution is 5.91. The minimum Gasteiger partial charge on any atom is -0.324 e. The summed E-state index contributed by atoms with van der Waals surface area (Å²) in [7, 11) is 1.83. The topological polar surface area (TPSA) is 72.9 Å². The van der Waals surface area contributed by atoms with Crippen molar-refractivity contribution in [3.63, 3.8) is 0 Å². The first-order chi connectivity index (χ1) is 9.08. The van der Waals surface area contributed by atoms with Gasteiger partial charge in [-0.2, -0.15) is 5.10 Å². The molecule has 20 heavy (non-hydrogen) atoms. The third-order valence-electron chi connectivity index (χ3n) is 3.14. The highest BCUT2D eigenvalue weighted by Crippen LogP contribution is 2.16. The van der Waals surface area contributed by atoms with Crippen LogP contribution in [0.2, 0.25) is 0 Å². The molecule has 1 unspecified atom stereocenters. The highest BCUT2D eigenvalue weighted by atomic mass is 35.5. The van der Waals surface area contributed by atoms with Crippen molar-refractivity contribution in [3.8, 4) is 0 Å². The molecular formula is C14H19ClN4O. The van der Waals surface area contributed by atoms with Crippen LogP contribution >= 0.6 is 12.4 Å². The fourth-order valence-corrected chi connectivity index (χ4v) is 1.84. The normalized spacial score (nSPS) is 11.6. The first kappa shape index (κ1) is 16.2. The van der Waals surface area contributed by atoms with E-state index in [1.54, 1.807) is 10.9 Å². The minimum atomic E-state index is -0.293. The standard InChI is InChI=1S/C14H18N4O.ClH/c1-10-13(9-16-18(10)2)17-14(19)8-12(15)11-6-4-3-5-7-11;/h3-7,9,12H,8,15H2,1-2H3,(H,17,19);1H. The van der Waals surface area contributed by atoms with Gasteiger partial charge in [-0.1, -0.05) is 30.3 Å². The Hall–Kier alpha value is -1.85. The first-order valence-corrected chi connectivity index (χ1v) is 6.17. The van der Waals surface area contributed by atoms with Gasteiger partial charge in [0.15, 0.2) is 0 Å². The van der Waals surface area contributed by atoms with E-state index < -0.39 is 0 Å². The molecule has 2 rings (SSSR count). The molecule has 0 fully saturated rings. The van der Waals surface area contributed by atoms with E-state index in [-0.39, 0.29) is 30.8 Å². The van der Waals surface area contributed by atoms with Crippen molar-refractivity contribution in [1.29, 1.82) is 0 Å². The first-order valence-electron chi connectivity index (χ1n) is 6.17. The van der Waals surface area contributed by atoms with Gasteiger partial charge in [-0.3, -0.25) is 9.48 Å². The molecule has 5 nitrogen and oxygen atoms in total. The summed E-state index contributed by atoms with van der Waals surface area (Å²) in [6.45, 7) is 1.90. The average molecular weight is 295 g/mol. The van der Waals surface area contributed by atoms with Crippen LogP contribution in [0.15, 0.2) is 36.5 Å². The molecule has 1 atom stereocenters. The van der Waals surface area contributed by atoms with Gasteiger partial charge in [-0.15, -0.1) is 12.4 Å². The predicted molar refractivity (Wildman–Crippen MR) is 81.8 cm³/mol. The molecule has 1 amide bonds. The van der Waals surface area contributed by atoms with E-state index in [1.807, 2.05) is 44.3 Å². The van der Waals surface area contributed by atoms with E-state index in [0.29, 0.717) is 0 Å². The maximum Gasteiger partial charge on any atom is 0.226 e. The number of carbonyl (C=O) groups is 1. The predicted octanol–water partition coefficient (Wildman–Crippen LogP) is 2.18. The summed E-state index contributed by atoms with van der Waals surface area (Å²) in [5.41, 5.74) is 8.62. The van der Waals surface area contributed by atoms with Crippen molar-refractivity contribution in [2.24, 2.45) is 12.8 Å². The van der Waals surface area contributed by atoms with Gasteiger partial charge < -0.3 is 11.1 Å². The van der Waals surface area contributed by atoms with Crippen molar-refractivity contribution >= 4 is 24.0 Å². The number of nitrogens with zero attached hydrogens (tertiary/aromatic N) is 2. The zero-order valence-corrected chi connectivity index (χ0v) is 12.4. The number of carbonyl (C=O) groups excluding carboxylic acids is 1. The zero-order chi connectivity index (χ0) is 13.8. The van der Waals surface area contributed by atoms with Crippen LogP contribution in [0, 0.1) is 6.92 Å². The lowest BCUT2D eigenvalue weighted by Crippen LogP contribution is -2.20. The number of hydrogen-bond donors (Lipinski definition) is 2. The van der Waals surface area contributed by atoms with Crippen LogP contribution in [0.4, 0.5) is 5.69 Å². The molecule has 1 heterocycles. The Morgan fingerprint density at radius 1 is 1.40 bits per heavy atom. The molecule has 0 aliphatic rings. The summed E-state index contributed by atoms with van der Waals surface area (Å²) in [4.78, 5) is 11.9.